The van der Waals surface area contributed by atoms with Crippen LogP contribution >= 0.6 is 23.6 Å². The Morgan fingerprint density at radius 1 is 1.17 bits per heavy atom. The second-order valence-electron chi connectivity index (χ2n) is 4.54. The number of carbonyl (C=O) groups excluding carboxylic acids is 2. The molecule has 0 saturated carbocycles. The van der Waals surface area contributed by atoms with E-state index in [-0.39, 0.29) is 17.6 Å². The van der Waals surface area contributed by atoms with E-state index >= 15 is 0 Å². The molecule has 0 fully saturated rings. The van der Waals surface area contributed by atoms with E-state index in [1.54, 1.807) is 29.6 Å². The van der Waals surface area contributed by atoms with Gasteiger partial charge < -0.3 is 4.74 Å². The minimum Gasteiger partial charge on any atom is -0.484 e. The summed E-state index contributed by atoms with van der Waals surface area (Å²) in [6, 6.07) is 10.8. The molecule has 1 heterocycles. The van der Waals surface area contributed by atoms with Crippen LogP contribution in [0.3, 0.4) is 0 Å². The van der Waals surface area contributed by atoms with Gasteiger partial charge in [-0.05, 0) is 42.7 Å². The summed E-state index contributed by atoms with van der Waals surface area (Å²) >= 11 is 6.22. The van der Waals surface area contributed by atoms with Crippen LogP contribution in [0.4, 0.5) is 0 Å². The maximum atomic E-state index is 11.7. The van der Waals surface area contributed by atoms with Gasteiger partial charge >= 0.3 is 0 Å². The predicted molar refractivity (Wildman–Crippen MR) is 92.3 cm³/mol. The minimum atomic E-state index is -0.423. The summed E-state index contributed by atoms with van der Waals surface area (Å²) in [6.45, 7) is 1.79. The van der Waals surface area contributed by atoms with Crippen molar-refractivity contribution < 1.29 is 14.3 Å². The monoisotopic (exact) mass is 349 g/mol. The average molecular weight is 349 g/mol. The number of thiocarbonyl (C=S) groups is 1. The standard InChI is InChI=1S/C15H15N3O3S2/c1-10-4-6-11(7-5-10)21-9-13(19)16-15(22)18-17-14(20)12-3-2-8-23-12/h2-8H,9H2,1H3,(H,17,20)(H2,16,18,19,22). The van der Waals surface area contributed by atoms with Gasteiger partial charge in [0.2, 0.25) is 0 Å². The van der Waals surface area contributed by atoms with E-state index in [4.69, 9.17) is 17.0 Å². The van der Waals surface area contributed by atoms with Crippen LogP contribution < -0.4 is 20.9 Å². The molecule has 0 atom stereocenters. The van der Waals surface area contributed by atoms with Gasteiger partial charge in [-0.1, -0.05) is 23.8 Å². The maximum absolute atomic E-state index is 11.7. The molecule has 2 aromatic rings. The lowest BCUT2D eigenvalue weighted by Crippen LogP contribution is -2.49. The van der Waals surface area contributed by atoms with Gasteiger partial charge in [-0.25, -0.2) is 0 Å². The molecule has 120 valence electrons. The molecule has 2 rings (SSSR count). The van der Waals surface area contributed by atoms with Gasteiger partial charge in [0.25, 0.3) is 11.8 Å². The Labute approximate surface area is 142 Å². The number of carbonyl (C=O) groups is 2. The first kappa shape index (κ1) is 16.9. The lowest BCUT2D eigenvalue weighted by atomic mass is 10.2. The Bertz CT molecular complexity index is 685. The number of hydrazine groups is 1. The highest BCUT2D eigenvalue weighted by atomic mass is 32.1. The van der Waals surface area contributed by atoms with Crippen molar-refractivity contribution in [2.24, 2.45) is 0 Å². The first-order valence-corrected chi connectivity index (χ1v) is 7.96. The second kappa shape index (κ2) is 8.25. The van der Waals surface area contributed by atoms with Gasteiger partial charge in [-0.2, -0.15) is 0 Å². The van der Waals surface area contributed by atoms with E-state index in [2.05, 4.69) is 16.2 Å². The van der Waals surface area contributed by atoms with E-state index in [9.17, 15) is 9.59 Å². The number of benzene rings is 1. The van der Waals surface area contributed by atoms with Crippen molar-refractivity contribution in [2.45, 2.75) is 6.92 Å². The fraction of sp³-hybridized carbons (Fsp3) is 0.133. The lowest BCUT2D eigenvalue weighted by Gasteiger charge is -2.11. The van der Waals surface area contributed by atoms with E-state index in [1.807, 2.05) is 19.1 Å². The van der Waals surface area contributed by atoms with Crippen LogP contribution in [0.2, 0.25) is 0 Å². The van der Waals surface area contributed by atoms with E-state index in [0.29, 0.717) is 10.6 Å². The average Bonchev–Trinajstić information content (AvgIpc) is 3.06. The summed E-state index contributed by atoms with van der Waals surface area (Å²) in [7, 11) is 0. The van der Waals surface area contributed by atoms with Gasteiger partial charge in [0.05, 0.1) is 4.88 Å². The molecule has 0 aliphatic heterocycles. The lowest BCUT2D eigenvalue weighted by molar-refractivity contribution is -0.121. The fourth-order valence-corrected chi connectivity index (χ4v) is 2.34. The molecule has 23 heavy (non-hydrogen) atoms. The van der Waals surface area contributed by atoms with Crippen molar-refractivity contribution in [1.82, 2.24) is 16.2 Å². The number of rotatable bonds is 4. The van der Waals surface area contributed by atoms with Crippen molar-refractivity contribution in [2.75, 3.05) is 6.61 Å². The van der Waals surface area contributed by atoms with Crippen molar-refractivity contribution in [1.29, 1.82) is 0 Å². The Kier molecular flexibility index (Phi) is 6.07. The van der Waals surface area contributed by atoms with Gasteiger partial charge in [-0.15, -0.1) is 11.3 Å². The number of hydrogen-bond acceptors (Lipinski definition) is 5. The maximum Gasteiger partial charge on any atom is 0.279 e. The molecule has 1 aromatic carbocycles. The molecule has 1 aromatic heterocycles. The molecule has 2 amide bonds. The highest BCUT2D eigenvalue weighted by molar-refractivity contribution is 7.80. The molecule has 0 saturated heterocycles. The molecule has 6 nitrogen and oxygen atoms in total. The largest absolute Gasteiger partial charge is 0.484 e. The first-order chi connectivity index (χ1) is 11.0. The number of aryl methyl sites for hydroxylation is 1. The van der Waals surface area contributed by atoms with Crippen LogP contribution in [-0.2, 0) is 4.79 Å². The molecule has 0 spiro atoms. The molecule has 0 radical (unpaired) electrons. The van der Waals surface area contributed by atoms with Crippen molar-refractivity contribution in [3.8, 4) is 5.75 Å². The molecule has 3 N–H and O–H groups in total. The third kappa shape index (κ3) is 5.68. The van der Waals surface area contributed by atoms with Gasteiger partial charge in [0.1, 0.15) is 5.75 Å². The van der Waals surface area contributed by atoms with E-state index in [0.717, 1.165) is 5.56 Å². The number of ether oxygens (including phenoxy) is 1. The third-order valence-electron chi connectivity index (χ3n) is 2.68. The zero-order valence-electron chi connectivity index (χ0n) is 12.3. The van der Waals surface area contributed by atoms with Crippen molar-refractivity contribution in [3.63, 3.8) is 0 Å². The van der Waals surface area contributed by atoms with E-state index in [1.165, 1.54) is 11.3 Å². The SMILES string of the molecule is Cc1ccc(OCC(=O)NC(=S)NNC(=O)c2cccs2)cc1. The van der Waals surface area contributed by atoms with Crippen LogP contribution in [0.15, 0.2) is 41.8 Å². The summed E-state index contributed by atoms with van der Waals surface area (Å²) < 4.78 is 5.32. The Hall–Kier alpha value is -2.45. The third-order valence-corrected chi connectivity index (χ3v) is 3.75. The van der Waals surface area contributed by atoms with Crippen molar-refractivity contribution in [3.05, 3.63) is 52.2 Å². The number of hydrogen-bond donors (Lipinski definition) is 3. The second-order valence-corrected chi connectivity index (χ2v) is 5.89. The molecule has 0 bridgehead atoms. The van der Waals surface area contributed by atoms with Crippen LogP contribution in [0.5, 0.6) is 5.75 Å². The summed E-state index contributed by atoms with van der Waals surface area (Å²) in [5.41, 5.74) is 5.96. The summed E-state index contributed by atoms with van der Waals surface area (Å²) in [5.74, 6) is -0.156. The highest BCUT2D eigenvalue weighted by Gasteiger charge is 2.08. The molecular formula is C15H15N3O3S2. The zero-order chi connectivity index (χ0) is 16.7. The van der Waals surface area contributed by atoms with Gasteiger partial charge in [0, 0.05) is 0 Å². The first-order valence-electron chi connectivity index (χ1n) is 6.68. The van der Waals surface area contributed by atoms with Gasteiger partial charge in [0.15, 0.2) is 11.7 Å². The number of thiophene rings is 1. The molecule has 0 unspecified atom stereocenters. The molecular weight excluding hydrogens is 334 g/mol. The number of amides is 2. The van der Waals surface area contributed by atoms with Crippen LogP contribution in [0.25, 0.3) is 0 Å². The minimum absolute atomic E-state index is 0.00703. The van der Waals surface area contributed by atoms with E-state index < -0.39 is 5.91 Å². The smallest absolute Gasteiger partial charge is 0.279 e. The zero-order valence-corrected chi connectivity index (χ0v) is 13.9. The molecule has 8 heteroatoms. The van der Waals surface area contributed by atoms with Crippen LogP contribution in [-0.4, -0.2) is 23.5 Å². The quantitative estimate of drug-likeness (QED) is 0.579. The summed E-state index contributed by atoms with van der Waals surface area (Å²) in [4.78, 5) is 23.9. The number of nitrogens with one attached hydrogen (secondary N) is 3. The topological polar surface area (TPSA) is 79.5 Å². The Morgan fingerprint density at radius 3 is 2.57 bits per heavy atom. The van der Waals surface area contributed by atoms with Crippen LogP contribution in [0.1, 0.15) is 15.2 Å². The van der Waals surface area contributed by atoms with Crippen molar-refractivity contribution >= 4 is 40.5 Å². The summed E-state index contributed by atoms with van der Waals surface area (Å²) in [6.07, 6.45) is 0. The predicted octanol–water partition coefficient (Wildman–Crippen LogP) is 1.77. The highest BCUT2D eigenvalue weighted by Crippen LogP contribution is 2.10. The normalized spacial score (nSPS) is 9.78. The summed E-state index contributed by atoms with van der Waals surface area (Å²) in [5, 5.41) is 4.19. The van der Waals surface area contributed by atoms with Crippen LogP contribution in [0, 0.1) is 6.92 Å². The Morgan fingerprint density at radius 2 is 1.91 bits per heavy atom. The molecule has 0 aliphatic rings. The Balaban J connectivity index is 1.69. The molecule has 0 aliphatic carbocycles. The van der Waals surface area contributed by atoms with Gasteiger partial charge in [-0.3, -0.25) is 25.8 Å². The fourth-order valence-electron chi connectivity index (χ4n) is 1.56.